The Morgan fingerprint density at radius 2 is 1.26 bits per heavy atom. The molecule has 108 valence electrons. The van der Waals surface area contributed by atoms with Crippen LogP contribution in [0.5, 0.6) is 0 Å². The van der Waals surface area contributed by atoms with Crippen molar-refractivity contribution in [1.82, 2.24) is 0 Å². The molecule has 0 nitrogen and oxygen atoms in total. The summed E-state index contributed by atoms with van der Waals surface area (Å²) in [7, 11) is 0. The first-order valence-electron chi connectivity index (χ1n) is 8.77. The summed E-state index contributed by atoms with van der Waals surface area (Å²) in [5.74, 6) is 6.95. The highest BCUT2D eigenvalue weighted by molar-refractivity contribution is 4.86. The third-order valence-corrected chi connectivity index (χ3v) is 5.84. The molecule has 2 saturated carbocycles. The topological polar surface area (TPSA) is 0 Å². The number of hydrogen-bond acceptors (Lipinski definition) is 0. The Kier molecular flexibility index (Phi) is 6.29. The predicted octanol–water partition coefficient (Wildman–Crippen LogP) is 5.81. The summed E-state index contributed by atoms with van der Waals surface area (Å²) in [6.45, 7) is 2.34. The van der Waals surface area contributed by atoms with Crippen LogP contribution in [0.2, 0.25) is 0 Å². The molecule has 2 aliphatic carbocycles. The first kappa shape index (κ1) is 15.0. The Balaban J connectivity index is 1.67. The Morgan fingerprint density at radius 3 is 1.68 bits per heavy atom. The smallest absolute Gasteiger partial charge is 0.00886 e. The first-order chi connectivity index (χ1) is 9.33. The van der Waals surface area contributed by atoms with E-state index < -0.39 is 0 Å². The minimum Gasteiger partial charge on any atom is -0.120 e. The molecule has 0 spiro atoms. The van der Waals surface area contributed by atoms with Gasteiger partial charge in [0.25, 0.3) is 0 Å². The molecule has 0 aliphatic heterocycles. The summed E-state index contributed by atoms with van der Waals surface area (Å²) in [6, 6.07) is 0. The van der Waals surface area contributed by atoms with Gasteiger partial charge in [-0.05, 0) is 55.8 Å². The quantitative estimate of drug-likeness (QED) is 0.547. The van der Waals surface area contributed by atoms with Crippen molar-refractivity contribution < 1.29 is 0 Å². The van der Waals surface area contributed by atoms with E-state index in [1.165, 1.54) is 70.6 Å². The minimum absolute atomic E-state index is 0.948. The zero-order chi connectivity index (χ0) is 13.5. The van der Waals surface area contributed by atoms with Crippen molar-refractivity contribution in [3.05, 3.63) is 0 Å². The second kappa shape index (κ2) is 7.98. The van der Waals surface area contributed by atoms with Gasteiger partial charge >= 0.3 is 0 Å². The maximum absolute atomic E-state index is 5.38. The van der Waals surface area contributed by atoms with Crippen LogP contribution in [0, 0.1) is 36.0 Å². The number of terminal acetylenes is 1. The van der Waals surface area contributed by atoms with Crippen LogP contribution in [0.1, 0.15) is 84.0 Å². The third-order valence-electron chi connectivity index (χ3n) is 5.84. The van der Waals surface area contributed by atoms with Gasteiger partial charge in [0, 0.05) is 6.42 Å². The molecular weight excluding hydrogens is 228 g/mol. The molecule has 0 N–H and O–H groups in total. The third kappa shape index (κ3) is 4.55. The molecule has 2 aliphatic rings. The number of rotatable bonds is 5. The summed E-state index contributed by atoms with van der Waals surface area (Å²) < 4.78 is 0. The standard InChI is InChI=1S/C19H32/c1-3-5-7-17-10-14-19(15-11-17)18-12-8-16(6-4-2)9-13-18/h1,16-19H,4-15H2,2H3. The van der Waals surface area contributed by atoms with Gasteiger partial charge in [-0.15, -0.1) is 12.3 Å². The SMILES string of the molecule is C#CCCC1CCC(C2CCC(CCC)CC2)CC1. The van der Waals surface area contributed by atoms with E-state index in [1.54, 1.807) is 0 Å². The van der Waals surface area contributed by atoms with Gasteiger partial charge < -0.3 is 0 Å². The predicted molar refractivity (Wildman–Crippen MR) is 83.9 cm³/mol. The van der Waals surface area contributed by atoms with E-state index in [0.29, 0.717) is 0 Å². The van der Waals surface area contributed by atoms with Crippen LogP contribution >= 0.6 is 0 Å². The normalized spacial score (nSPS) is 35.8. The molecule has 2 rings (SSSR count). The lowest BCUT2D eigenvalue weighted by Gasteiger charge is -2.37. The summed E-state index contributed by atoms with van der Waals surface area (Å²) in [6.07, 6.45) is 22.5. The average molecular weight is 260 g/mol. The Morgan fingerprint density at radius 1 is 0.789 bits per heavy atom. The van der Waals surface area contributed by atoms with Crippen molar-refractivity contribution in [3.63, 3.8) is 0 Å². The molecule has 0 aromatic heterocycles. The summed E-state index contributed by atoms with van der Waals surface area (Å²) in [5.41, 5.74) is 0. The van der Waals surface area contributed by atoms with E-state index in [4.69, 9.17) is 6.42 Å². The molecule has 0 aromatic carbocycles. The fourth-order valence-corrected chi connectivity index (χ4v) is 4.59. The van der Waals surface area contributed by atoms with Crippen LogP contribution in [0.25, 0.3) is 0 Å². The van der Waals surface area contributed by atoms with Crippen molar-refractivity contribution in [1.29, 1.82) is 0 Å². The van der Waals surface area contributed by atoms with E-state index in [1.807, 2.05) is 0 Å². The second-order valence-electron chi connectivity index (χ2n) is 7.09. The van der Waals surface area contributed by atoms with Crippen molar-refractivity contribution in [3.8, 4) is 12.3 Å². The molecule has 0 radical (unpaired) electrons. The van der Waals surface area contributed by atoms with Gasteiger partial charge in [0.2, 0.25) is 0 Å². The van der Waals surface area contributed by atoms with Gasteiger partial charge in [0.15, 0.2) is 0 Å². The molecule has 2 fully saturated rings. The second-order valence-corrected chi connectivity index (χ2v) is 7.09. The van der Waals surface area contributed by atoms with E-state index >= 15 is 0 Å². The van der Waals surface area contributed by atoms with Crippen LogP contribution in [0.3, 0.4) is 0 Å². The lowest BCUT2D eigenvalue weighted by molar-refractivity contribution is 0.141. The monoisotopic (exact) mass is 260 g/mol. The summed E-state index contributed by atoms with van der Waals surface area (Å²) >= 11 is 0. The van der Waals surface area contributed by atoms with Crippen molar-refractivity contribution in [2.24, 2.45) is 23.7 Å². The molecule has 0 amide bonds. The molecule has 0 heterocycles. The van der Waals surface area contributed by atoms with Crippen molar-refractivity contribution >= 4 is 0 Å². The van der Waals surface area contributed by atoms with Crippen LogP contribution in [0.15, 0.2) is 0 Å². The molecule has 0 saturated heterocycles. The highest BCUT2D eigenvalue weighted by atomic mass is 14.4. The molecule has 0 atom stereocenters. The lowest BCUT2D eigenvalue weighted by atomic mass is 9.68. The van der Waals surface area contributed by atoms with E-state index in [9.17, 15) is 0 Å². The highest BCUT2D eigenvalue weighted by Gasteiger charge is 2.30. The van der Waals surface area contributed by atoms with Crippen LogP contribution in [0.4, 0.5) is 0 Å². The molecular formula is C19H32. The zero-order valence-electron chi connectivity index (χ0n) is 12.9. The van der Waals surface area contributed by atoms with E-state index in [-0.39, 0.29) is 0 Å². The Labute approximate surface area is 120 Å². The maximum atomic E-state index is 5.38. The number of hydrogen-bond donors (Lipinski definition) is 0. The maximum Gasteiger partial charge on any atom is 0.00886 e. The van der Waals surface area contributed by atoms with Crippen molar-refractivity contribution in [2.75, 3.05) is 0 Å². The summed E-state index contributed by atoms with van der Waals surface area (Å²) in [5, 5.41) is 0. The van der Waals surface area contributed by atoms with Gasteiger partial charge in [-0.1, -0.05) is 45.4 Å². The summed E-state index contributed by atoms with van der Waals surface area (Å²) in [4.78, 5) is 0. The first-order valence-corrected chi connectivity index (χ1v) is 8.77. The van der Waals surface area contributed by atoms with Gasteiger partial charge in [0.05, 0.1) is 0 Å². The molecule has 19 heavy (non-hydrogen) atoms. The highest BCUT2D eigenvalue weighted by Crippen LogP contribution is 2.42. The average Bonchev–Trinajstić information content (AvgIpc) is 2.47. The fraction of sp³-hybridized carbons (Fsp3) is 0.895. The Bertz CT molecular complexity index is 269. The molecule has 0 aromatic rings. The largest absolute Gasteiger partial charge is 0.120 e. The molecule has 0 bridgehead atoms. The van der Waals surface area contributed by atoms with Crippen molar-refractivity contribution in [2.45, 2.75) is 84.0 Å². The van der Waals surface area contributed by atoms with Crippen LogP contribution in [-0.4, -0.2) is 0 Å². The van der Waals surface area contributed by atoms with Crippen LogP contribution in [-0.2, 0) is 0 Å². The Hall–Kier alpha value is -0.440. The van der Waals surface area contributed by atoms with E-state index in [2.05, 4.69) is 12.8 Å². The zero-order valence-corrected chi connectivity index (χ0v) is 12.9. The van der Waals surface area contributed by atoms with Gasteiger partial charge in [-0.25, -0.2) is 0 Å². The van der Waals surface area contributed by atoms with E-state index in [0.717, 1.165) is 30.1 Å². The van der Waals surface area contributed by atoms with Gasteiger partial charge in [-0.3, -0.25) is 0 Å². The lowest BCUT2D eigenvalue weighted by Crippen LogP contribution is -2.25. The van der Waals surface area contributed by atoms with Crippen LogP contribution < -0.4 is 0 Å². The van der Waals surface area contributed by atoms with Gasteiger partial charge in [0.1, 0.15) is 0 Å². The minimum atomic E-state index is 0.948. The molecule has 0 heteroatoms. The fourth-order valence-electron chi connectivity index (χ4n) is 4.59. The molecule has 0 unspecified atom stereocenters. The van der Waals surface area contributed by atoms with Gasteiger partial charge in [-0.2, -0.15) is 0 Å².